The van der Waals surface area contributed by atoms with Gasteiger partial charge in [0.1, 0.15) is 0 Å². The Balaban J connectivity index is 2.38. The lowest BCUT2D eigenvalue weighted by atomic mass is 10.1. The molecule has 1 aromatic carbocycles. The van der Waals surface area contributed by atoms with Gasteiger partial charge in [0.25, 0.3) is 0 Å². The first kappa shape index (κ1) is 9.34. The highest BCUT2D eigenvalue weighted by Crippen LogP contribution is 2.46. The average molecular weight is 193 g/mol. The van der Waals surface area contributed by atoms with E-state index in [4.69, 9.17) is 15.2 Å². The number of ether oxygens (including phenoxy) is 2. The highest BCUT2D eigenvalue weighted by Gasteiger charge is 2.37. The zero-order valence-corrected chi connectivity index (χ0v) is 8.49. The van der Waals surface area contributed by atoms with Gasteiger partial charge >= 0.3 is 0 Å². The molecule has 0 aliphatic heterocycles. The van der Waals surface area contributed by atoms with Gasteiger partial charge in [-0.25, -0.2) is 0 Å². The van der Waals surface area contributed by atoms with Gasteiger partial charge in [-0.2, -0.15) is 0 Å². The maximum Gasteiger partial charge on any atom is 0.164 e. The molecule has 1 aliphatic rings. The van der Waals surface area contributed by atoms with E-state index in [-0.39, 0.29) is 6.04 Å². The lowest BCUT2D eigenvalue weighted by molar-refractivity contribution is 0.351. The summed E-state index contributed by atoms with van der Waals surface area (Å²) in [6, 6.07) is 6.22. The Morgan fingerprint density at radius 3 is 2.50 bits per heavy atom. The summed E-state index contributed by atoms with van der Waals surface area (Å²) in [5.41, 5.74) is 6.98. The van der Waals surface area contributed by atoms with Crippen molar-refractivity contribution >= 4 is 0 Å². The molecule has 1 aliphatic carbocycles. The first-order valence-corrected chi connectivity index (χ1v) is 4.74. The maximum absolute atomic E-state index is 5.82. The van der Waals surface area contributed by atoms with Crippen LogP contribution in [0.25, 0.3) is 0 Å². The second kappa shape index (κ2) is 3.50. The normalized spacial score (nSPS) is 24.5. The second-order valence-electron chi connectivity index (χ2n) is 3.59. The number of para-hydroxylation sites is 1. The van der Waals surface area contributed by atoms with Crippen LogP contribution < -0.4 is 15.2 Å². The van der Waals surface area contributed by atoms with Crippen LogP contribution >= 0.6 is 0 Å². The molecule has 1 aromatic rings. The Morgan fingerprint density at radius 2 is 2.00 bits per heavy atom. The SMILES string of the molecule is COc1cccc([C@@H]2C[C@H]2N)c1OC. The molecule has 2 N–H and O–H groups in total. The lowest BCUT2D eigenvalue weighted by Crippen LogP contribution is -2.02. The molecule has 3 nitrogen and oxygen atoms in total. The fourth-order valence-corrected chi connectivity index (χ4v) is 1.78. The van der Waals surface area contributed by atoms with Crippen LogP contribution in [0.1, 0.15) is 17.9 Å². The number of hydrogen-bond acceptors (Lipinski definition) is 3. The van der Waals surface area contributed by atoms with Crippen LogP contribution in [0.5, 0.6) is 11.5 Å². The maximum atomic E-state index is 5.82. The summed E-state index contributed by atoms with van der Waals surface area (Å²) in [4.78, 5) is 0. The summed E-state index contributed by atoms with van der Waals surface area (Å²) in [7, 11) is 3.31. The summed E-state index contributed by atoms with van der Waals surface area (Å²) in [5.74, 6) is 2.05. The van der Waals surface area contributed by atoms with E-state index in [0.717, 1.165) is 17.9 Å². The third-order valence-corrected chi connectivity index (χ3v) is 2.67. The molecule has 0 aromatic heterocycles. The van der Waals surface area contributed by atoms with Crippen molar-refractivity contribution in [3.63, 3.8) is 0 Å². The molecule has 2 atom stereocenters. The van der Waals surface area contributed by atoms with Gasteiger partial charge in [-0.1, -0.05) is 12.1 Å². The summed E-state index contributed by atoms with van der Waals surface area (Å²) >= 11 is 0. The van der Waals surface area contributed by atoms with Crippen LogP contribution in [0, 0.1) is 0 Å². The number of hydrogen-bond donors (Lipinski definition) is 1. The summed E-state index contributed by atoms with van der Waals surface area (Å²) in [5, 5.41) is 0. The highest BCUT2D eigenvalue weighted by atomic mass is 16.5. The zero-order chi connectivity index (χ0) is 10.1. The van der Waals surface area contributed by atoms with E-state index < -0.39 is 0 Å². The third-order valence-electron chi connectivity index (χ3n) is 2.67. The van der Waals surface area contributed by atoms with Gasteiger partial charge in [0.15, 0.2) is 11.5 Å². The molecule has 14 heavy (non-hydrogen) atoms. The molecule has 1 fully saturated rings. The molecule has 0 unspecified atom stereocenters. The van der Waals surface area contributed by atoms with Crippen molar-refractivity contribution in [2.75, 3.05) is 14.2 Å². The molecular weight excluding hydrogens is 178 g/mol. The first-order valence-electron chi connectivity index (χ1n) is 4.74. The Morgan fingerprint density at radius 1 is 1.29 bits per heavy atom. The van der Waals surface area contributed by atoms with Crippen molar-refractivity contribution in [1.29, 1.82) is 0 Å². The number of benzene rings is 1. The Kier molecular flexibility index (Phi) is 2.33. The van der Waals surface area contributed by atoms with Crippen LogP contribution in [0.2, 0.25) is 0 Å². The van der Waals surface area contributed by atoms with Crippen molar-refractivity contribution in [3.05, 3.63) is 23.8 Å². The van der Waals surface area contributed by atoms with E-state index in [2.05, 4.69) is 6.07 Å². The summed E-state index contributed by atoms with van der Waals surface area (Å²) in [6.45, 7) is 0. The van der Waals surface area contributed by atoms with Crippen molar-refractivity contribution in [2.24, 2.45) is 5.73 Å². The fraction of sp³-hybridized carbons (Fsp3) is 0.455. The van der Waals surface area contributed by atoms with Crippen molar-refractivity contribution < 1.29 is 9.47 Å². The van der Waals surface area contributed by atoms with E-state index in [1.54, 1.807) is 14.2 Å². The molecule has 0 saturated heterocycles. The molecule has 1 saturated carbocycles. The molecule has 0 amide bonds. The molecule has 0 radical (unpaired) electrons. The topological polar surface area (TPSA) is 44.5 Å². The molecule has 76 valence electrons. The van der Waals surface area contributed by atoms with Crippen molar-refractivity contribution in [2.45, 2.75) is 18.4 Å². The Hall–Kier alpha value is -1.22. The van der Waals surface area contributed by atoms with Gasteiger partial charge < -0.3 is 15.2 Å². The van der Waals surface area contributed by atoms with Crippen LogP contribution in [0.3, 0.4) is 0 Å². The standard InChI is InChI=1S/C11H15NO2/c1-13-10-5-3-4-7(11(10)14-2)8-6-9(8)12/h3-5,8-9H,6,12H2,1-2H3/t8-,9+/m0/s1. The van der Waals surface area contributed by atoms with Gasteiger partial charge in [0.2, 0.25) is 0 Å². The zero-order valence-electron chi connectivity index (χ0n) is 8.49. The molecule has 0 bridgehead atoms. The molecule has 3 heteroatoms. The average Bonchev–Trinajstić information content (AvgIpc) is 2.94. The predicted octanol–water partition coefficient (Wildman–Crippen LogP) is 1.52. The lowest BCUT2D eigenvalue weighted by Gasteiger charge is -2.11. The van der Waals surface area contributed by atoms with Gasteiger partial charge in [-0.05, 0) is 12.5 Å². The van der Waals surface area contributed by atoms with Crippen molar-refractivity contribution in [1.82, 2.24) is 0 Å². The van der Waals surface area contributed by atoms with Gasteiger partial charge in [-0.3, -0.25) is 0 Å². The monoisotopic (exact) mass is 193 g/mol. The van der Waals surface area contributed by atoms with Gasteiger partial charge in [-0.15, -0.1) is 0 Å². The number of methoxy groups -OCH3 is 2. The van der Waals surface area contributed by atoms with Crippen LogP contribution in [-0.4, -0.2) is 20.3 Å². The van der Waals surface area contributed by atoms with Crippen LogP contribution in [0.4, 0.5) is 0 Å². The minimum Gasteiger partial charge on any atom is -0.493 e. The Bertz CT molecular complexity index is 338. The number of nitrogens with two attached hydrogens (primary N) is 1. The smallest absolute Gasteiger partial charge is 0.164 e. The highest BCUT2D eigenvalue weighted by molar-refractivity contribution is 5.50. The summed E-state index contributed by atoms with van der Waals surface area (Å²) < 4.78 is 10.6. The van der Waals surface area contributed by atoms with Gasteiger partial charge in [0.05, 0.1) is 14.2 Å². The number of rotatable bonds is 3. The predicted molar refractivity (Wildman–Crippen MR) is 54.9 cm³/mol. The molecule has 2 rings (SSSR count). The molecular formula is C11H15NO2. The largest absolute Gasteiger partial charge is 0.493 e. The molecule has 0 spiro atoms. The van der Waals surface area contributed by atoms with Crippen molar-refractivity contribution in [3.8, 4) is 11.5 Å². The van der Waals surface area contributed by atoms with E-state index in [9.17, 15) is 0 Å². The first-order chi connectivity index (χ1) is 6.77. The third kappa shape index (κ3) is 1.44. The van der Waals surface area contributed by atoms with E-state index in [0.29, 0.717) is 5.92 Å². The van der Waals surface area contributed by atoms with E-state index in [1.807, 2.05) is 12.1 Å². The van der Waals surface area contributed by atoms with Crippen LogP contribution in [0.15, 0.2) is 18.2 Å². The minimum absolute atomic E-state index is 0.288. The van der Waals surface area contributed by atoms with Gasteiger partial charge in [0, 0.05) is 17.5 Å². The fourth-order valence-electron chi connectivity index (χ4n) is 1.78. The van der Waals surface area contributed by atoms with E-state index >= 15 is 0 Å². The summed E-state index contributed by atoms with van der Waals surface area (Å²) in [6.07, 6.45) is 1.05. The second-order valence-corrected chi connectivity index (χ2v) is 3.59. The van der Waals surface area contributed by atoms with Crippen LogP contribution in [-0.2, 0) is 0 Å². The van der Waals surface area contributed by atoms with E-state index in [1.165, 1.54) is 5.56 Å². The quantitative estimate of drug-likeness (QED) is 0.791. The molecule has 0 heterocycles. The minimum atomic E-state index is 0.288. The Labute approximate surface area is 83.8 Å².